The zero-order chi connectivity index (χ0) is 19.5. The van der Waals surface area contributed by atoms with Gasteiger partial charge in [0.15, 0.2) is 5.79 Å². The standard InChI is InChI=1S/C22H34ClNO3/c1-4-19(17-5-7-18(23)8-6-17)24-14-13-21(25)9-11-22(12-10-21)26-15-20(2,3)16-27-22/h5-8,19,24-25H,4,9-16H2,1-3H3. The van der Waals surface area contributed by atoms with Crippen LogP contribution in [0.3, 0.4) is 0 Å². The molecule has 5 heteroatoms. The maximum atomic E-state index is 11.0. The van der Waals surface area contributed by atoms with E-state index in [9.17, 15) is 5.11 Å². The molecule has 0 radical (unpaired) electrons. The summed E-state index contributed by atoms with van der Waals surface area (Å²) in [5, 5.41) is 15.4. The predicted octanol–water partition coefficient (Wildman–Crippen LogP) is 4.85. The van der Waals surface area contributed by atoms with Gasteiger partial charge in [-0.1, -0.05) is 44.5 Å². The van der Waals surface area contributed by atoms with Crippen molar-refractivity contribution in [3.05, 3.63) is 34.9 Å². The maximum absolute atomic E-state index is 11.0. The van der Waals surface area contributed by atoms with Crippen LogP contribution in [0.4, 0.5) is 0 Å². The molecule has 27 heavy (non-hydrogen) atoms. The van der Waals surface area contributed by atoms with E-state index in [2.05, 4.69) is 38.2 Å². The van der Waals surface area contributed by atoms with Gasteiger partial charge in [-0.3, -0.25) is 0 Å². The lowest BCUT2D eigenvalue weighted by Crippen LogP contribution is -2.52. The lowest BCUT2D eigenvalue weighted by atomic mass is 9.78. The van der Waals surface area contributed by atoms with Gasteiger partial charge in [-0.05, 0) is 49.9 Å². The first kappa shape index (κ1) is 21.1. The quantitative estimate of drug-likeness (QED) is 0.723. The monoisotopic (exact) mass is 395 g/mol. The molecule has 1 heterocycles. The van der Waals surface area contributed by atoms with Gasteiger partial charge in [-0.15, -0.1) is 0 Å². The Hall–Kier alpha value is -0.650. The van der Waals surface area contributed by atoms with Crippen molar-refractivity contribution < 1.29 is 14.6 Å². The Balaban J connectivity index is 1.46. The van der Waals surface area contributed by atoms with Crippen LogP contribution in [0, 0.1) is 5.41 Å². The highest BCUT2D eigenvalue weighted by Crippen LogP contribution is 2.43. The van der Waals surface area contributed by atoms with E-state index < -0.39 is 11.4 Å². The van der Waals surface area contributed by atoms with Gasteiger partial charge in [-0.25, -0.2) is 0 Å². The number of halogens is 1. The molecule has 0 bridgehead atoms. The molecule has 2 fully saturated rings. The van der Waals surface area contributed by atoms with Crippen molar-refractivity contribution in [1.29, 1.82) is 0 Å². The van der Waals surface area contributed by atoms with Crippen LogP contribution >= 0.6 is 11.6 Å². The highest BCUT2D eigenvalue weighted by molar-refractivity contribution is 6.30. The first-order chi connectivity index (χ1) is 12.7. The molecule has 2 aliphatic rings. The summed E-state index contributed by atoms with van der Waals surface area (Å²) in [7, 11) is 0. The smallest absolute Gasteiger partial charge is 0.168 e. The van der Waals surface area contributed by atoms with Crippen molar-refractivity contribution in [2.75, 3.05) is 19.8 Å². The Morgan fingerprint density at radius 3 is 2.22 bits per heavy atom. The van der Waals surface area contributed by atoms with E-state index >= 15 is 0 Å². The molecule has 152 valence electrons. The first-order valence-electron chi connectivity index (χ1n) is 10.2. The SMILES string of the molecule is CCC(NCCC1(O)CCC2(CC1)OCC(C)(C)CO2)c1ccc(Cl)cc1. The molecule has 1 saturated heterocycles. The van der Waals surface area contributed by atoms with Gasteiger partial charge in [0, 0.05) is 29.3 Å². The van der Waals surface area contributed by atoms with Crippen LogP contribution in [0.25, 0.3) is 0 Å². The fraction of sp³-hybridized carbons (Fsp3) is 0.727. The zero-order valence-electron chi connectivity index (χ0n) is 16.9. The van der Waals surface area contributed by atoms with Crippen molar-refractivity contribution >= 4 is 11.6 Å². The fourth-order valence-corrected chi connectivity index (χ4v) is 4.17. The van der Waals surface area contributed by atoms with Crippen LogP contribution in [0.2, 0.25) is 5.02 Å². The highest BCUT2D eigenvalue weighted by atomic mass is 35.5. The van der Waals surface area contributed by atoms with Crippen molar-refractivity contribution in [1.82, 2.24) is 5.32 Å². The summed E-state index contributed by atoms with van der Waals surface area (Å²) < 4.78 is 12.2. The van der Waals surface area contributed by atoms with Gasteiger partial charge >= 0.3 is 0 Å². The second-order valence-corrected chi connectivity index (χ2v) is 9.53. The Morgan fingerprint density at radius 1 is 1.07 bits per heavy atom. The molecule has 3 rings (SSSR count). The van der Waals surface area contributed by atoms with Gasteiger partial charge in [0.05, 0.1) is 18.8 Å². The minimum absolute atomic E-state index is 0.0831. The third-order valence-electron chi connectivity index (χ3n) is 6.06. The molecule has 0 aromatic heterocycles. The van der Waals surface area contributed by atoms with Crippen molar-refractivity contribution in [3.63, 3.8) is 0 Å². The summed E-state index contributed by atoms with van der Waals surface area (Å²) in [6.07, 6.45) is 4.75. The molecule has 1 aliphatic carbocycles. The summed E-state index contributed by atoms with van der Waals surface area (Å²) in [6.45, 7) is 8.74. The number of rotatable bonds is 6. The van der Waals surface area contributed by atoms with E-state index in [1.165, 1.54) is 5.56 Å². The first-order valence-corrected chi connectivity index (χ1v) is 10.6. The van der Waals surface area contributed by atoms with E-state index in [-0.39, 0.29) is 11.5 Å². The molecular weight excluding hydrogens is 362 g/mol. The summed E-state index contributed by atoms with van der Waals surface area (Å²) in [4.78, 5) is 0. The van der Waals surface area contributed by atoms with Crippen molar-refractivity contribution in [3.8, 4) is 0 Å². The Bertz CT molecular complexity index is 596. The van der Waals surface area contributed by atoms with Crippen LogP contribution in [0.15, 0.2) is 24.3 Å². The third-order valence-corrected chi connectivity index (χ3v) is 6.31. The number of benzene rings is 1. The minimum atomic E-state index is -0.629. The summed E-state index contributed by atoms with van der Waals surface area (Å²) in [5.74, 6) is -0.468. The molecular formula is C22H34ClNO3. The molecule has 1 saturated carbocycles. The number of ether oxygens (including phenoxy) is 2. The summed E-state index contributed by atoms with van der Waals surface area (Å²) >= 11 is 5.99. The minimum Gasteiger partial charge on any atom is -0.390 e. The van der Waals surface area contributed by atoms with Gasteiger partial charge in [0.2, 0.25) is 0 Å². The number of hydrogen-bond donors (Lipinski definition) is 2. The molecule has 1 aromatic carbocycles. The van der Waals surface area contributed by atoms with E-state index in [0.29, 0.717) is 0 Å². The van der Waals surface area contributed by atoms with Crippen molar-refractivity contribution in [2.45, 2.75) is 76.7 Å². The normalized spacial score (nSPS) is 24.6. The van der Waals surface area contributed by atoms with E-state index in [4.69, 9.17) is 21.1 Å². The second kappa shape index (κ2) is 8.38. The molecule has 1 aliphatic heterocycles. The Kier molecular flexibility index (Phi) is 6.54. The molecule has 2 N–H and O–H groups in total. The number of hydrogen-bond acceptors (Lipinski definition) is 4. The molecule has 1 unspecified atom stereocenters. The van der Waals surface area contributed by atoms with Gasteiger partial charge in [0.1, 0.15) is 0 Å². The topological polar surface area (TPSA) is 50.7 Å². The molecule has 4 nitrogen and oxygen atoms in total. The van der Waals surface area contributed by atoms with E-state index in [1.54, 1.807) is 0 Å². The largest absolute Gasteiger partial charge is 0.390 e. The van der Waals surface area contributed by atoms with E-state index in [0.717, 1.165) is 63.3 Å². The zero-order valence-corrected chi connectivity index (χ0v) is 17.6. The molecule has 0 amide bonds. The van der Waals surface area contributed by atoms with Gasteiger partial charge < -0.3 is 19.9 Å². The summed E-state index contributed by atoms with van der Waals surface area (Å²) in [6, 6.07) is 8.29. The van der Waals surface area contributed by atoms with Crippen LogP contribution in [-0.4, -0.2) is 36.3 Å². The second-order valence-electron chi connectivity index (χ2n) is 9.09. The Labute approximate surface area is 168 Å². The molecule has 1 spiro atoms. The molecule has 1 atom stereocenters. The number of nitrogens with one attached hydrogen (secondary N) is 1. The maximum Gasteiger partial charge on any atom is 0.168 e. The Morgan fingerprint density at radius 2 is 1.67 bits per heavy atom. The van der Waals surface area contributed by atoms with Crippen LogP contribution in [-0.2, 0) is 9.47 Å². The van der Waals surface area contributed by atoms with Crippen LogP contribution in [0.5, 0.6) is 0 Å². The van der Waals surface area contributed by atoms with Gasteiger partial charge in [0.25, 0.3) is 0 Å². The van der Waals surface area contributed by atoms with Crippen LogP contribution < -0.4 is 5.32 Å². The summed E-state index contributed by atoms with van der Waals surface area (Å²) in [5.41, 5.74) is 0.693. The lowest BCUT2D eigenvalue weighted by Gasteiger charge is -2.48. The third kappa shape index (κ3) is 5.45. The predicted molar refractivity (Wildman–Crippen MR) is 109 cm³/mol. The van der Waals surface area contributed by atoms with Crippen LogP contribution in [0.1, 0.15) is 70.9 Å². The number of aliphatic hydroxyl groups is 1. The molecule has 1 aromatic rings. The van der Waals surface area contributed by atoms with E-state index in [1.807, 2.05) is 12.1 Å². The average Bonchev–Trinajstić information content (AvgIpc) is 2.65. The lowest BCUT2D eigenvalue weighted by molar-refractivity contribution is -0.319. The average molecular weight is 396 g/mol. The van der Waals surface area contributed by atoms with Gasteiger partial charge in [-0.2, -0.15) is 0 Å². The fourth-order valence-electron chi connectivity index (χ4n) is 4.04. The van der Waals surface area contributed by atoms with Crippen molar-refractivity contribution in [2.24, 2.45) is 5.41 Å². The highest BCUT2D eigenvalue weighted by Gasteiger charge is 2.46.